The second-order valence-electron chi connectivity index (χ2n) is 4.63. The molecule has 0 bridgehead atoms. The summed E-state index contributed by atoms with van der Waals surface area (Å²) in [5, 5.41) is 10.6. The first kappa shape index (κ1) is 13.9. The van der Waals surface area contributed by atoms with Crippen molar-refractivity contribution < 1.29 is 14.3 Å². The lowest BCUT2D eigenvalue weighted by Gasteiger charge is -2.10. The van der Waals surface area contributed by atoms with Crippen molar-refractivity contribution in [1.82, 2.24) is 10.2 Å². The average molecular weight is 297 g/mol. The fraction of sp³-hybridized carbons (Fsp3) is 0.125. The van der Waals surface area contributed by atoms with Crippen molar-refractivity contribution in [2.75, 3.05) is 19.0 Å². The molecule has 0 spiro atoms. The highest BCUT2D eigenvalue weighted by atomic mass is 16.5. The monoisotopic (exact) mass is 297 g/mol. The molecule has 112 valence electrons. The summed E-state index contributed by atoms with van der Waals surface area (Å²) in [7, 11) is 1.56. The number of H-pyrrole nitrogens is 1. The number of nitrogens with one attached hydrogen (secondary N) is 2. The molecule has 6 nitrogen and oxygen atoms in total. The first-order valence-electron chi connectivity index (χ1n) is 6.75. The summed E-state index contributed by atoms with van der Waals surface area (Å²) in [5.74, 6) is 0.860. The molecular weight excluding hydrogens is 282 g/mol. The molecule has 0 fully saturated rings. The number of para-hydroxylation sites is 3. The van der Waals surface area contributed by atoms with E-state index in [1.807, 2.05) is 30.3 Å². The fourth-order valence-electron chi connectivity index (χ4n) is 2.14. The van der Waals surface area contributed by atoms with Crippen molar-refractivity contribution in [2.24, 2.45) is 0 Å². The summed E-state index contributed by atoms with van der Waals surface area (Å²) in [5.41, 5.74) is 1.46. The molecule has 2 aromatic carbocycles. The van der Waals surface area contributed by atoms with Gasteiger partial charge in [-0.2, -0.15) is 5.10 Å². The third kappa shape index (κ3) is 2.85. The first-order valence-corrected chi connectivity index (χ1v) is 6.75. The third-order valence-electron chi connectivity index (χ3n) is 3.18. The Balaban J connectivity index is 1.67. The van der Waals surface area contributed by atoms with Crippen LogP contribution in [0.1, 0.15) is 0 Å². The smallest absolute Gasteiger partial charge is 0.262 e. The topological polar surface area (TPSA) is 76.2 Å². The van der Waals surface area contributed by atoms with Crippen LogP contribution >= 0.6 is 0 Å². The van der Waals surface area contributed by atoms with Crippen molar-refractivity contribution in [2.45, 2.75) is 0 Å². The molecule has 0 aliphatic heterocycles. The number of aromatic nitrogens is 2. The molecule has 0 radical (unpaired) electrons. The number of aromatic amines is 1. The van der Waals surface area contributed by atoms with Gasteiger partial charge in [0.2, 0.25) is 0 Å². The molecule has 0 saturated heterocycles. The van der Waals surface area contributed by atoms with Crippen LogP contribution in [0.4, 0.5) is 5.69 Å². The third-order valence-corrected chi connectivity index (χ3v) is 3.18. The van der Waals surface area contributed by atoms with Crippen LogP contribution < -0.4 is 14.8 Å². The van der Waals surface area contributed by atoms with Crippen molar-refractivity contribution >= 4 is 22.5 Å². The van der Waals surface area contributed by atoms with Gasteiger partial charge in [-0.05, 0) is 18.2 Å². The summed E-state index contributed by atoms with van der Waals surface area (Å²) < 4.78 is 10.7. The Labute approximate surface area is 127 Å². The number of amides is 1. The Kier molecular flexibility index (Phi) is 3.91. The van der Waals surface area contributed by atoms with Gasteiger partial charge < -0.3 is 14.8 Å². The average Bonchev–Trinajstić information content (AvgIpc) is 3.03. The van der Waals surface area contributed by atoms with Gasteiger partial charge in [0.15, 0.2) is 18.1 Å². The number of benzene rings is 2. The molecule has 0 saturated carbocycles. The lowest BCUT2D eigenvalue weighted by Crippen LogP contribution is -2.20. The van der Waals surface area contributed by atoms with Gasteiger partial charge in [0.1, 0.15) is 0 Å². The molecule has 3 rings (SSSR count). The molecule has 22 heavy (non-hydrogen) atoms. The number of carbonyl (C=O) groups excluding carboxylic acids is 1. The Morgan fingerprint density at radius 3 is 2.82 bits per heavy atom. The van der Waals surface area contributed by atoms with Gasteiger partial charge in [-0.15, -0.1) is 0 Å². The van der Waals surface area contributed by atoms with Gasteiger partial charge in [0.05, 0.1) is 24.5 Å². The molecule has 0 unspecified atom stereocenters. The van der Waals surface area contributed by atoms with Crippen LogP contribution in [-0.4, -0.2) is 29.8 Å². The summed E-state index contributed by atoms with van der Waals surface area (Å²) in [6.45, 7) is -0.106. The largest absolute Gasteiger partial charge is 0.493 e. The zero-order chi connectivity index (χ0) is 15.4. The number of anilines is 1. The molecule has 2 N–H and O–H groups in total. The summed E-state index contributed by atoms with van der Waals surface area (Å²) >= 11 is 0. The highest BCUT2D eigenvalue weighted by Crippen LogP contribution is 2.26. The van der Waals surface area contributed by atoms with E-state index in [4.69, 9.17) is 9.47 Å². The SMILES string of the molecule is COc1ccccc1OCC(=O)Nc1cccc2cn[nH]c12. The number of ether oxygens (including phenoxy) is 2. The Bertz CT molecular complexity index is 798. The Morgan fingerprint density at radius 2 is 2.00 bits per heavy atom. The van der Waals surface area contributed by atoms with Crippen LogP contribution in [0.5, 0.6) is 11.5 Å². The highest BCUT2D eigenvalue weighted by Gasteiger charge is 2.09. The van der Waals surface area contributed by atoms with E-state index < -0.39 is 0 Å². The van der Waals surface area contributed by atoms with Gasteiger partial charge in [-0.25, -0.2) is 0 Å². The van der Waals surface area contributed by atoms with Crippen molar-refractivity contribution in [3.63, 3.8) is 0 Å². The van der Waals surface area contributed by atoms with Gasteiger partial charge >= 0.3 is 0 Å². The molecule has 6 heteroatoms. The maximum atomic E-state index is 12.0. The molecule has 0 aliphatic carbocycles. The number of methoxy groups -OCH3 is 1. The van der Waals surface area contributed by atoms with E-state index in [1.54, 1.807) is 25.4 Å². The van der Waals surface area contributed by atoms with E-state index in [0.29, 0.717) is 17.2 Å². The number of fused-ring (bicyclic) bond motifs is 1. The van der Waals surface area contributed by atoms with Crippen molar-refractivity contribution in [1.29, 1.82) is 0 Å². The van der Waals surface area contributed by atoms with E-state index in [0.717, 1.165) is 10.9 Å². The quantitative estimate of drug-likeness (QED) is 0.759. The second kappa shape index (κ2) is 6.17. The van der Waals surface area contributed by atoms with Crippen LogP contribution in [-0.2, 0) is 4.79 Å². The maximum absolute atomic E-state index is 12.0. The molecular formula is C16H15N3O3. The standard InChI is InChI=1S/C16H15N3O3/c1-21-13-7-2-3-8-14(13)22-10-15(20)18-12-6-4-5-11-9-17-19-16(11)12/h2-9H,10H2,1H3,(H,17,19)(H,18,20). The zero-order valence-corrected chi connectivity index (χ0v) is 12.0. The van der Waals surface area contributed by atoms with E-state index in [9.17, 15) is 4.79 Å². The second-order valence-corrected chi connectivity index (χ2v) is 4.63. The summed E-state index contributed by atoms with van der Waals surface area (Å²) in [6, 6.07) is 12.8. The lowest BCUT2D eigenvalue weighted by molar-refractivity contribution is -0.118. The number of hydrogen-bond acceptors (Lipinski definition) is 4. The van der Waals surface area contributed by atoms with Gasteiger partial charge in [-0.1, -0.05) is 24.3 Å². The van der Waals surface area contributed by atoms with Crippen LogP contribution in [0.25, 0.3) is 10.9 Å². The van der Waals surface area contributed by atoms with Crippen LogP contribution in [0.3, 0.4) is 0 Å². The van der Waals surface area contributed by atoms with E-state index >= 15 is 0 Å². The maximum Gasteiger partial charge on any atom is 0.262 e. The fourth-order valence-corrected chi connectivity index (χ4v) is 2.14. The minimum Gasteiger partial charge on any atom is -0.493 e. The van der Waals surface area contributed by atoms with Gasteiger partial charge in [-0.3, -0.25) is 9.89 Å². The van der Waals surface area contributed by atoms with Crippen molar-refractivity contribution in [3.05, 3.63) is 48.7 Å². The van der Waals surface area contributed by atoms with Crippen molar-refractivity contribution in [3.8, 4) is 11.5 Å². The van der Waals surface area contributed by atoms with Gasteiger partial charge in [0.25, 0.3) is 5.91 Å². The molecule has 0 atom stereocenters. The highest BCUT2D eigenvalue weighted by molar-refractivity contribution is 6.00. The Hall–Kier alpha value is -3.02. The predicted molar refractivity (Wildman–Crippen MR) is 83.2 cm³/mol. The summed E-state index contributed by atoms with van der Waals surface area (Å²) in [4.78, 5) is 12.0. The summed E-state index contributed by atoms with van der Waals surface area (Å²) in [6.07, 6.45) is 1.70. The lowest BCUT2D eigenvalue weighted by atomic mass is 10.2. The van der Waals surface area contributed by atoms with Gasteiger partial charge in [0, 0.05) is 5.39 Å². The molecule has 0 aliphatic rings. The normalized spacial score (nSPS) is 10.4. The molecule has 1 aromatic heterocycles. The van der Waals surface area contributed by atoms with Crippen LogP contribution in [0, 0.1) is 0 Å². The zero-order valence-electron chi connectivity index (χ0n) is 12.0. The van der Waals surface area contributed by atoms with E-state index in [2.05, 4.69) is 15.5 Å². The van der Waals surface area contributed by atoms with Crippen LogP contribution in [0.2, 0.25) is 0 Å². The van der Waals surface area contributed by atoms with E-state index in [1.165, 1.54) is 0 Å². The molecule has 3 aromatic rings. The number of carbonyl (C=O) groups is 1. The first-order chi connectivity index (χ1) is 10.8. The molecule has 1 heterocycles. The number of rotatable bonds is 5. The Morgan fingerprint density at radius 1 is 1.18 bits per heavy atom. The predicted octanol–water partition coefficient (Wildman–Crippen LogP) is 2.59. The van der Waals surface area contributed by atoms with Crippen LogP contribution in [0.15, 0.2) is 48.7 Å². The van der Waals surface area contributed by atoms with E-state index in [-0.39, 0.29) is 12.5 Å². The number of hydrogen-bond donors (Lipinski definition) is 2. The molecule has 1 amide bonds. The minimum absolute atomic E-state index is 0.106. The minimum atomic E-state index is -0.256. The number of nitrogens with zero attached hydrogens (tertiary/aromatic N) is 1.